The minimum Gasteiger partial charge on any atom is -0.508 e. The molecule has 138 valence electrons. The molecule has 3 N–H and O–H groups in total. The lowest BCUT2D eigenvalue weighted by Gasteiger charge is -2.25. The molecular formula is C20H26N4O2. The molecule has 1 aliphatic heterocycles. The van der Waals surface area contributed by atoms with Crippen molar-refractivity contribution in [2.75, 3.05) is 6.54 Å². The van der Waals surface area contributed by atoms with Gasteiger partial charge in [-0.1, -0.05) is 31.5 Å². The van der Waals surface area contributed by atoms with E-state index in [2.05, 4.69) is 22.8 Å². The third-order valence-corrected chi connectivity index (χ3v) is 4.73. The molecule has 1 aliphatic rings. The smallest absolute Gasteiger partial charge is 0.241 e. The zero-order chi connectivity index (χ0) is 18.4. The first-order chi connectivity index (χ1) is 12.7. The average molecular weight is 354 g/mol. The first kappa shape index (κ1) is 18.4. The van der Waals surface area contributed by atoms with E-state index < -0.39 is 0 Å². The van der Waals surface area contributed by atoms with Crippen LogP contribution in [-0.4, -0.2) is 33.5 Å². The summed E-state index contributed by atoms with van der Waals surface area (Å²) in [5, 5.41) is 10.0. The van der Waals surface area contributed by atoms with Gasteiger partial charge in [0, 0.05) is 31.0 Å². The van der Waals surface area contributed by atoms with Crippen molar-refractivity contribution in [3.8, 4) is 5.75 Å². The predicted molar refractivity (Wildman–Crippen MR) is 100 cm³/mol. The van der Waals surface area contributed by atoms with Crippen LogP contribution in [0.25, 0.3) is 0 Å². The Bertz CT molecular complexity index is 723. The van der Waals surface area contributed by atoms with Crippen molar-refractivity contribution in [1.29, 1.82) is 0 Å². The number of benzene rings is 1. The van der Waals surface area contributed by atoms with E-state index in [0.717, 1.165) is 30.5 Å². The highest BCUT2D eigenvalue weighted by atomic mass is 16.3. The number of nitrogens with one attached hydrogen (secondary N) is 2. The second-order valence-corrected chi connectivity index (χ2v) is 6.66. The molecule has 1 aromatic heterocycles. The monoisotopic (exact) mass is 354 g/mol. The summed E-state index contributed by atoms with van der Waals surface area (Å²) < 4.78 is 0. The molecule has 0 aliphatic carbocycles. The summed E-state index contributed by atoms with van der Waals surface area (Å²) in [7, 11) is 0. The van der Waals surface area contributed by atoms with E-state index in [1.807, 2.05) is 29.2 Å². The molecule has 0 bridgehead atoms. The van der Waals surface area contributed by atoms with Gasteiger partial charge >= 0.3 is 0 Å². The van der Waals surface area contributed by atoms with Crippen molar-refractivity contribution in [2.24, 2.45) is 0 Å². The van der Waals surface area contributed by atoms with Gasteiger partial charge < -0.3 is 10.0 Å². The minimum atomic E-state index is -0.307. The van der Waals surface area contributed by atoms with Crippen LogP contribution in [0.15, 0.2) is 48.8 Å². The summed E-state index contributed by atoms with van der Waals surface area (Å²) in [6, 6.07) is 10.7. The lowest BCUT2D eigenvalue weighted by atomic mass is 10.0. The Morgan fingerprint density at radius 3 is 2.73 bits per heavy atom. The third kappa shape index (κ3) is 4.39. The topological polar surface area (TPSA) is 77.5 Å². The van der Waals surface area contributed by atoms with Crippen molar-refractivity contribution in [2.45, 2.75) is 44.8 Å². The molecule has 6 nitrogen and oxygen atoms in total. The van der Waals surface area contributed by atoms with E-state index in [4.69, 9.17) is 0 Å². The quantitative estimate of drug-likeness (QED) is 0.712. The molecule has 2 aromatic rings. The highest BCUT2D eigenvalue weighted by molar-refractivity contribution is 5.82. The molecule has 2 heterocycles. The van der Waals surface area contributed by atoms with E-state index in [0.29, 0.717) is 13.0 Å². The second kappa shape index (κ2) is 8.78. The fourth-order valence-corrected chi connectivity index (χ4v) is 3.25. The Balaban J connectivity index is 1.68. The molecular weight excluding hydrogens is 328 g/mol. The molecule has 1 fully saturated rings. The standard InChI is InChI=1S/C20H26N4O2/c1-2-3-12-24(14-15-8-10-21-11-9-15)20(26)18-13-17(22-23-18)16-6-4-5-7-19(16)25/h4-11,17-18,22-23,25H,2-3,12-14H2,1H3. The Labute approximate surface area is 154 Å². The first-order valence-corrected chi connectivity index (χ1v) is 9.15. The van der Waals surface area contributed by atoms with Gasteiger partial charge in [-0.05, 0) is 36.6 Å². The summed E-state index contributed by atoms with van der Waals surface area (Å²) in [6.45, 7) is 3.44. The van der Waals surface area contributed by atoms with Gasteiger partial charge in [-0.25, -0.2) is 10.9 Å². The van der Waals surface area contributed by atoms with Crippen LogP contribution in [0.4, 0.5) is 0 Å². The summed E-state index contributed by atoms with van der Waals surface area (Å²) in [6.07, 6.45) is 6.12. The number of carbonyl (C=O) groups excluding carboxylic acids is 1. The first-order valence-electron chi connectivity index (χ1n) is 9.15. The van der Waals surface area contributed by atoms with Crippen LogP contribution in [0, 0.1) is 0 Å². The number of rotatable bonds is 7. The number of nitrogens with zero attached hydrogens (tertiary/aromatic N) is 2. The fourth-order valence-electron chi connectivity index (χ4n) is 3.25. The highest BCUT2D eigenvalue weighted by Gasteiger charge is 2.33. The van der Waals surface area contributed by atoms with Crippen LogP contribution < -0.4 is 10.9 Å². The number of aromatic hydroxyl groups is 1. The van der Waals surface area contributed by atoms with Crippen molar-refractivity contribution < 1.29 is 9.90 Å². The van der Waals surface area contributed by atoms with E-state index in [1.165, 1.54) is 0 Å². The van der Waals surface area contributed by atoms with Gasteiger partial charge in [0.15, 0.2) is 0 Å². The molecule has 3 rings (SSSR count). The van der Waals surface area contributed by atoms with Gasteiger partial charge in [0.25, 0.3) is 0 Å². The Morgan fingerprint density at radius 1 is 1.23 bits per heavy atom. The number of para-hydroxylation sites is 1. The number of pyridine rings is 1. The van der Waals surface area contributed by atoms with Crippen LogP contribution in [0.2, 0.25) is 0 Å². The maximum atomic E-state index is 13.1. The molecule has 0 saturated carbocycles. The molecule has 26 heavy (non-hydrogen) atoms. The van der Waals surface area contributed by atoms with E-state index in [1.54, 1.807) is 24.5 Å². The Morgan fingerprint density at radius 2 is 2.00 bits per heavy atom. The molecule has 6 heteroatoms. The zero-order valence-corrected chi connectivity index (χ0v) is 15.1. The maximum Gasteiger partial charge on any atom is 0.241 e. The molecule has 2 atom stereocenters. The van der Waals surface area contributed by atoms with Gasteiger partial charge in [0.2, 0.25) is 5.91 Å². The molecule has 0 spiro atoms. The maximum absolute atomic E-state index is 13.1. The van der Waals surface area contributed by atoms with Crippen LogP contribution in [-0.2, 0) is 11.3 Å². The number of hydrogen-bond acceptors (Lipinski definition) is 5. The molecule has 0 radical (unpaired) electrons. The van der Waals surface area contributed by atoms with Crippen molar-refractivity contribution in [1.82, 2.24) is 20.7 Å². The number of phenolic OH excluding ortho intramolecular Hbond substituents is 1. The Kier molecular flexibility index (Phi) is 6.20. The molecule has 1 amide bonds. The SMILES string of the molecule is CCCCN(Cc1ccncc1)C(=O)C1CC(c2ccccc2O)NN1. The number of unbranched alkanes of at least 4 members (excludes halogenated alkanes) is 1. The molecule has 2 unspecified atom stereocenters. The van der Waals surface area contributed by atoms with Gasteiger partial charge in [0.1, 0.15) is 11.8 Å². The van der Waals surface area contributed by atoms with E-state index in [-0.39, 0.29) is 23.7 Å². The number of amides is 1. The summed E-state index contributed by atoms with van der Waals surface area (Å²) >= 11 is 0. The van der Waals surface area contributed by atoms with Gasteiger partial charge in [0.05, 0.1) is 6.04 Å². The average Bonchev–Trinajstić information content (AvgIpc) is 3.15. The summed E-state index contributed by atoms with van der Waals surface area (Å²) in [4.78, 5) is 19.0. The summed E-state index contributed by atoms with van der Waals surface area (Å²) in [5.74, 6) is 0.334. The minimum absolute atomic E-state index is 0.0840. The van der Waals surface area contributed by atoms with Crippen LogP contribution in [0.1, 0.15) is 43.4 Å². The molecule has 1 saturated heterocycles. The van der Waals surface area contributed by atoms with Crippen molar-refractivity contribution in [3.63, 3.8) is 0 Å². The number of aromatic nitrogens is 1. The lowest BCUT2D eigenvalue weighted by molar-refractivity contribution is -0.133. The lowest BCUT2D eigenvalue weighted by Crippen LogP contribution is -2.45. The van der Waals surface area contributed by atoms with Gasteiger partial charge in [-0.15, -0.1) is 0 Å². The molecule has 1 aromatic carbocycles. The van der Waals surface area contributed by atoms with E-state index >= 15 is 0 Å². The predicted octanol–water partition coefficient (Wildman–Crippen LogP) is 2.52. The largest absolute Gasteiger partial charge is 0.508 e. The van der Waals surface area contributed by atoms with Crippen molar-refractivity contribution >= 4 is 5.91 Å². The highest BCUT2D eigenvalue weighted by Crippen LogP contribution is 2.29. The van der Waals surface area contributed by atoms with Gasteiger partial charge in [-0.3, -0.25) is 9.78 Å². The van der Waals surface area contributed by atoms with Gasteiger partial charge in [-0.2, -0.15) is 0 Å². The second-order valence-electron chi connectivity index (χ2n) is 6.66. The number of carbonyl (C=O) groups is 1. The van der Waals surface area contributed by atoms with E-state index in [9.17, 15) is 9.90 Å². The van der Waals surface area contributed by atoms with Crippen LogP contribution in [0.3, 0.4) is 0 Å². The van der Waals surface area contributed by atoms with Crippen LogP contribution >= 0.6 is 0 Å². The number of phenols is 1. The van der Waals surface area contributed by atoms with Crippen LogP contribution in [0.5, 0.6) is 5.75 Å². The fraction of sp³-hybridized carbons (Fsp3) is 0.400. The normalized spacial score (nSPS) is 19.4. The third-order valence-electron chi connectivity index (χ3n) is 4.73. The van der Waals surface area contributed by atoms with Crippen molar-refractivity contribution in [3.05, 3.63) is 59.9 Å². The number of hydrogen-bond donors (Lipinski definition) is 3. The Hall–Kier alpha value is -2.44. The number of hydrazine groups is 1. The zero-order valence-electron chi connectivity index (χ0n) is 15.1. The summed E-state index contributed by atoms with van der Waals surface area (Å²) in [5.41, 5.74) is 8.15.